The van der Waals surface area contributed by atoms with Crippen LogP contribution in [0.5, 0.6) is 0 Å². The molecule has 3 rings (SSSR count). The topological polar surface area (TPSA) is 6.48 Å². The van der Waals surface area contributed by atoms with E-state index in [0.29, 0.717) is 6.04 Å². The largest absolute Gasteiger partial charge is 0.302 e. The quantitative estimate of drug-likeness (QED) is 0.802. The van der Waals surface area contributed by atoms with Gasteiger partial charge in [-0.25, -0.2) is 0 Å². The van der Waals surface area contributed by atoms with Gasteiger partial charge in [-0.05, 0) is 56.6 Å². The highest BCUT2D eigenvalue weighted by Crippen LogP contribution is 2.36. The summed E-state index contributed by atoms with van der Waals surface area (Å²) in [5.41, 5.74) is 4.58. The van der Waals surface area contributed by atoms with Gasteiger partial charge in [0.1, 0.15) is 0 Å². The fourth-order valence-electron chi connectivity index (χ4n) is 3.40. The van der Waals surface area contributed by atoms with E-state index in [1.165, 1.54) is 37.9 Å². The third-order valence-corrected chi connectivity index (χ3v) is 4.60. The van der Waals surface area contributed by atoms with Crippen molar-refractivity contribution in [2.75, 3.05) is 33.7 Å². The molecule has 0 radical (unpaired) electrons. The highest BCUT2D eigenvalue weighted by atomic mass is 15.1. The number of likely N-dealkylation sites (tertiary alicyclic amines) is 1. The van der Waals surface area contributed by atoms with Crippen molar-refractivity contribution >= 4 is 5.57 Å². The van der Waals surface area contributed by atoms with Gasteiger partial charge in [0.05, 0.1) is 0 Å². The molecule has 2 aliphatic heterocycles. The number of hydrogen-bond donors (Lipinski definition) is 0. The Morgan fingerprint density at radius 3 is 2.63 bits per heavy atom. The van der Waals surface area contributed by atoms with Crippen molar-refractivity contribution in [2.24, 2.45) is 0 Å². The summed E-state index contributed by atoms with van der Waals surface area (Å²) in [7, 11) is 4.46. The van der Waals surface area contributed by atoms with Crippen LogP contribution in [0.1, 0.15) is 36.4 Å². The van der Waals surface area contributed by atoms with Crippen molar-refractivity contribution in [2.45, 2.75) is 25.3 Å². The van der Waals surface area contributed by atoms with Crippen molar-refractivity contribution < 1.29 is 0 Å². The van der Waals surface area contributed by atoms with Gasteiger partial charge >= 0.3 is 0 Å². The van der Waals surface area contributed by atoms with Crippen LogP contribution in [0, 0.1) is 0 Å². The molecule has 2 heterocycles. The predicted octanol–water partition coefficient (Wildman–Crippen LogP) is 3.17. The smallest absolute Gasteiger partial charge is 0.0351 e. The molecule has 1 saturated heterocycles. The summed E-state index contributed by atoms with van der Waals surface area (Å²) in [5, 5.41) is 0. The first-order chi connectivity index (χ1) is 9.25. The van der Waals surface area contributed by atoms with Gasteiger partial charge in [0.25, 0.3) is 0 Å². The Kier molecular flexibility index (Phi) is 3.72. The third-order valence-electron chi connectivity index (χ3n) is 4.60. The molecule has 2 nitrogen and oxygen atoms in total. The molecule has 1 fully saturated rings. The van der Waals surface area contributed by atoms with E-state index in [1.54, 1.807) is 11.1 Å². The summed E-state index contributed by atoms with van der Waals surface area (Å²) in [4.78, 5) is 4.89. The van der Waals surface area contributed by atoms with Gasteiger partial charge in [-0.1, -0.05) is 30.3 Å². The van der Waals surface area contributed by atoms with Crippen molar-refractivity contribution in [1.29, 1.82) is 0 Å². The zero-order chi connectivity index (χ0) is 13.2. The summed E-state index contributed by atoms with van der Waals surface area (Å²) < 4.78 is 0. The SMILES string of the molecule is CN1CC=C(c2ccccc2C2CCCN2C)CC1. The normalized spacial score (nSPS) is 25.6. The van der Waals surface area contributed by atoms with E-state index in [-0.39, 0.29) is 0 Å². The van der Waals surface area contributed by atoms with E-state index in [1.807, 2.05) is 0 Å². The van der Waals surface area contributed by atoms with Crippen LogP contribution in [0.25, 0.3) is 5.57 Å². The van der Waals surface area contributed by atoms with E-state index in [2.05, 4.69) is 54.2 Å². The Bertz CT molecular complexity index is 478. The highest BCUT2D eigenvalue weighted by molar-refractivity contribution is 5.69. The zero-order valence-electron chi connectivity index (χ0n) is 12.1. The zero-order valence-corrected chi connectivity index (χ0v) is 12.1. The molecule has 0 aliphatic carbocycles. The molecular weight excluding hydrogens is 232 g/mol. The Labute approximate surface area is 116 Å². The predicted molar refractivity (Wildman–Crippen MR) is 81.1 cm³/mol. The maximum Gasteiger partial charge on any atom is 0.0351 e. The minimum absolute atomic E-state index is 0.622. The minimum atomic E-state index is 0.622. The number of hydrogen-bond acceptors (Lipinski definition) is 2. The van der Waals surface area contributed by atoms with E-state index in [0.717, 1.165) is 6.54 Å². The molecule has 0 spiro atoms. The van der Waals surface area contributed by atoms with Crippen LogP contribution in [0.15, 0.2) is 30.3 Å². The van der Waals surface area contributed by atoms with E-state index >= 15 is 0 Å². The lowest BCUT2D eigenvalue weighted by atomic mass is 9.90. The van der Waals surface area contributed by atoms with Gasteiger partial charge < -0.3 is 4.90 Å². The summed E-state index contributed by atoms with van der Waals surface area (Å²) in [6.07, 6.45) is 6.24. The number of rotatable bonds is 2. The summed E-state index contributed by atoms with van der Waals surface area (Å²) in [6.45, 7) is 3.51. The third kappa shape index (κ3) is 2.60. The number of nitrogens with zero attached hydrogens (tertiary/aromatic N) is 2. The molecule has 2 aliphatic rings. The molecule has 102 valence electrons. The Morgan fingerprint density at radius 2 is 1.95 bits per heavy atom. The second-order valence-corrected chi connectivity index (χ2v) is 5.97. The van der Waals surface area contributed by atoms with Crippen molar-refractivity contribution in [3.05, 3.63) is 41.5 Å². The van der Waals surface area contributed by atoms with Gasteiger partial charge in [-0.15, -0.1) is 0 Å². The van der Waals surface area contributed by atoms with E-state index in [9.17, 15) is 0 Å². The van der Waals surface area contributed by atoms with Crippen LogP contribution in [0.4, 0.5) is 0 Å². The van der Waals surface area contributed by atoms with Crippen LogP contribution in [-0.4, -0.2) is 43.5 Å². The van der Waals surface area contributed by atoms with Crippen molar-refractivity contribution in [3.8, 4) is 0 Å². The summed E-state index contributed by atoms with van der Waals surface area (Å²) in [6, 6.07) is 9.66. The molecule has 19 heavy (non-hydrogen) atoms. The Morgan fingerprint density at radius 1 is 1.11 bits per heavy atom. The first-order valence-electron chi connectivity index (χ1n) is 7.43. The first-order valence-corrected chi connectivity index (χ1v) is 7.43. The number of likely N-dealkylation sites (N-methyl/N-ethyl adjacent to an activating group) is 1. The maximum atomic E-state index is 2.51. The molecule has 0 amide bonds. The molecule has 0 N–H and O–H groups in total. The van der Waals surface area contributed by atoms with Crippen LogP contribution >= 0.6 is 0 Å². The fraction of sp³-hybridized carbons (Fsp3) is 0.529. The minimum Gasteiger partial charge on any atom is -0.302 e. The monoisotopic (exact) mass is 256 g/mol. The van der Waals surface area contributed by atoms with Gasteiger partial charge in [-0.2, -0.15) is 0 Å². The first kappa shape index (κ1) is 12.9. The number of benzene rings is 1. The summed E-state index contributed by atoms with van der Waals surface area (Å²) >= 11 is 0. The Balaban J connectivity index is 1.93. The van der Waals surface area contributed by atoms with Gasteiger partial charge in [0.2, 0.25) is 0 Å². The fourth-order valence-corrected chi connectivity index (χ4v) is 3.40. The molecule has 1 unspecified atom stereocenters. The summed E-state index contributed by atoms with van der Waals surface area (Å²) in [5.74, 6) is 0. The standard InChI is InChI=1S/C17H24N2/c1-18-12-9-14(10-13-18)15-6-3-4-7-16(15)17-8-5-11-19(17)2/h3-4,6-7,9,17H,5,8,10-13H2,1-2H3. The van der Waals surface area contributed by atoms with Gasteiger partial charge in [0, 0.05) is 19.1 Å². The molecule has 1 aromatic carbocycles. The molecule has 0 aromatic heterocycles. The molecule has 1 aromatic rings. The average Bonchev–Trinajstić information content (AvgIpc) is 2.86. The van der Waals surface area contributed by atoms with E-state index < -0.39 is 0 Å². The molecular formula is C17H24N2. The van der Waals surface area contributed by atoms with Crippen LogP contribution in [0.2, 0.25) is 0 Å². The highest BCUT2D eigenvalue weighted by Gasteiger charge is 2.25. The van der Waals surface area contributed by atoms with Crippen LogP contribution < -0.4 is 0 Å². The molecule has 0 bridgehead atoms. The van der Waals surface area contributed by atoms with E-state index in [4.69, 9.17) is 0 Å². The molecule has 0 saturated carbocycles. The molecule has 2 heteroatoms. The average molecular weight is 256 g/mol. The maximum absolute atomic E-state index is 2.51. The van der Waals surface area contributed by atoms with Gasteiger partial charge in [-0.3, -0.25) is 4.90 Å². The second kappa shape index (κ2) is 5.48. The van der Waals surface area contributed by atoms with Crippen LogP contribution in [-0.2, 0) is 0 Å². The molecule has 1 atom stereocenters. The van der Waals surface area contributed by atoms with Crippen LogP contribution in [0.3, 0.4) is 0 Å². The Hall–Kier alpha value is -1.12. The van der Waals surface area contributed by atoms with Gasteiger partial charge in [0.15, 0.2) is 0 Å². The lowest BCUT2D eigenvalue weighted by Gasteiger charge is -2.27. The van der Waals surface area contributed by atoms with Crippen molar-refractivity contribution in [3.63, 3.8) is 0 Å². The lowest BCUT2D eigenvalue weighted by Crippen LogP contribution is -2.24. The lowest BCUT2D eigenvalue weighted by molar-refractivity contribution is 0.317. The second-order valence-electron chi connectivity index (χ2n) is 5.97. The van der Waals surface area contributed by atoms with Crippen molar-refractivity contribution in [1.82, 2.24) is 9.80 Å².